The zero-order valence-corrected chi connectivity index (χ0v) is 12.2. The average molecular weight is 260 g/mol. The molecule has 20 heavy (non-hydrogen) atoms. The van der Waals surface area contributed by atoms with Crippen molar-refractivity contribution in [2.75, 3.05) is 0 Å². The largest absolute Gasteiger partial charge is 0.192 e. The zero-order chi connectivity index (χ0) is 14.9. The Kier molecular flexibility index (Phi) is 3.59. The fourth-order valence-electron chi connectivity index (χ4n) is 2.53. The Bertz CT molecular complexity index is 704. The quantitative estimate of drug-likeness (QED) is 0.766. The lowest BCUT2D eigenvalue weighted by atomic mass is 9.90. The summed E-state index contributed by atoms with van der Waals surface area (Å²) in [6, 6.07) is 12.3. The third-order valence-corrected chi connectivity index (χ3v) is 3.67. The predicted molar refractivity (Wildman–Crippen MR) is 80.3 cm³/mol. The normalized spacial score (nSPS) is 9.90. The van der Waals surface area contributed by atoms with Gasteiger partial charge >= 0.3 is 0 Å². The number of hydrogen-bond donors (Lipinski definition) is 0. The van der Waals surface area contributed by atoms with Crippen LogP contribution in [-0.4, -0.2) is 0 Å². The van der Waals surface area contributed by atoms with Gasteiger partial charge < -0.3 is 0 Å². The monoisotopic (exact) mass is 260 g/mol. The van der Waals surface area contributed by atoms with Crippen LogP contribution in [0.3, 0.4) is 0 Å². The van der Waals surface area contributed by atoms with Gasteiger partial charge in [-0.05, 0) is 73.2 Å². The van der Waals surface area contributed by atoms with E-state index in [1.165, 1.54) is 0 Å². The summed E-state index contributed by atoms with van der Waals surface area (Å²) in [4.78, 5) is 0. The molecule has 0 aliphatic heterocycles. The van der Waals surface area contributed by atoms with Gasteiger partial charge in [0, 0.05) is 0 Å². The number of rotatable bonds is 1. The van der Waals surface area contributed by atoms with E-state index in [0.717, 1.165) is 33.4 Å². The van der Waals surface area contributed by atoms with Crippen LogP contribution in [0.5, 0.6) is 0 Å². The van der Waals surface area contributed by atoms with Gasteiger partial charge in [-0.3, -0.25) is 0 Å². The number of hydrogen-bond acceptors (Lipinski definition) is 2. The number of benzene rings is 2. The van der Waals surface area contributed by atoms with Gasteiger partial charge in [0.05, 0.1) is 23.3 Å². The average Bonchev–Trinajstić information content (AvgIpc) is 2.40. The smallest absolute Gasteiger partial charge is 0.0994 e. The van der Waals surface area contributed by atoms with E-state index in [9.17, 15) is 10.5 Å². The van der Waals surface area contributed by atoms with E-state index in [1.807, 2.05) is 52.0 Å². The molecule has 0 heterocycles. The van der Waals surface area contributed by atoms with Crippen LogP contribution in [-0.2, 0) is 0 Å². The molecule has 98 valence electrons. The number of nitriles is 2. The Morgan fingerprint density at radius 1 is 0.600 bits per heavy atom. The van der Waals surface area contributed by atoms with E-state index >= 15 is 0 Å². The van der Waals surface area contributed by atoms with Crippen LogP contribution in [0, 0.1) is 50.4 Å². The molecular formula is C18H16N2. The van der Waals surface area contributed by atoms with Gasteiger partial charge in [-0.2, -0.15) is 10.5 Å². The first-order valence-electron chi connectivity index (χ1n) is 6.51. The van der Waals surface area contributed by atoms with Gasteiger partial charge in [0.1, 0.15) is 0 Å². The fourth-order valence-corrected chi connectivity index (χ4v) is 2.53. The third-order valence-electron chi connectivity index (χ3n) is 3.67. The van der Waals surface area contributed by atoms with Crippen molar-refractivity contribution in [3.8, 4) is 23.3 Å². The van der Waals surface area contributed by atoms with Crippen molar-refractivity contribution in [2.45, 2.75) is 27.7 Å². The van der Waals surface area contributed by atoms with Crippen LogP contribution >= 0.6 is 0 Å². The van der Waals surface area contributed by atoms with Crippen molar-refractivity contribution >= 4 is 0 Å². The van der Waals surface area contributed by atoms with E-state index in [-0.39, 0.29) is 0 Å². The summed E-state index contributed by atoms with van der Waals surface area (Å²) in [7, 11) is 0. The van der Waals surface area contributed by atoms with Crippen molar-refractivity contribution in [1.29, 1.82) is 10.5 Å². The summed E-state index contributed by atoms with van der Waals surface area (Å²) < 4.78 is 0. The second-order valence-corrected chi connectivity index (χ2v) is 5.19. The maximum absolute atomic E-state index is 9.19. The van der Waals surface area contributed by atoms with E-state index < -0.39 is 0 Å². The molecule has 0 saturated heterocycles. The molecule has 0 unspecified atom stereocenters. The first-order valence-corrected chi connectivity index (χ1v) is 6.51. The highest BCUT2D eigenvalue weighted by Crippen LogP contribution is 2.31. The van der Waals surface area contributed by atoms with Crippen LogP contribution in [0.4, 0.5) is 0 Å². The predicted octanol–water partition coefficient (Wildman–Crippen LogP) is 4.33. The fraction of sp³-hybridized carbons (Fsp3) is 0.222. The van der Waals surface area contributed by atoms with Crippen LogP contribution in [0.25, 0.3) is 11.1 Å². The lowest BCUT2D eigenvalue weighted by molar-refractivity contribution is 1.31. The summed E-state index contributed by atoms with van der Waals surface area (Å²) in [5.74, 6) is 0. The minimum absolute atomic E-state index is 0.684. The van der Waals surface area contributed by atoms with E-state index in [4.69, 9.17) is 0 Å². The molecule has 0 atom stereocenters. The highest BCUT2D eigenvalue weighted by molar-refractivity contribution is 5.74. The maximum Gasteiger partial charge on any atom is 0.0994 e. The van der Waals surface area contributed by atoms with Crippen LogP contribution < -0.4 is 0 Å². The Morgan fingerprint density at radius 3 is 1.25 bits per heavy atom. The van der Waals surface area contributed by atoms with Gasteiger partial charge in [0.2, 0.25) is 0 Å². The van der Waals surface area contributed by atoms with Crippen molar-refractivity contribution in [2.24, 2.45) is 0 Å². The minimum Gasteiger partial charge on any atom is -0.192 e. The Morgan fingerprint density at radius 2 is 0.950 bits per heavy atom. The minimum atomic E-state index is 0.684. The zero-order valence-electron chi connectivity index (χ0n) is 12.2. The highest BCUT2D eigenvalue weighted by atomic mass is 14.3. The number of nitrogens with zero attached hydrogens (tertiary/aromatic N) is 2. The molecule has 0 radical (unpaired) electrons. The Labute approximate surface area is 119 Å². The summed E-state index contributed by atoms with van der Waals surface area (Å²) >= 11 is 0. The van der Waals surface area contributed by atoms with Gasteiger partial charge in [-0.25, -0.2) is 0 Å². The SMILES string of the molecule is Cc1cc(C)c(-c2cc(C#N)c(C)cc2C)cc1C#N. The van der Waals surface area contributed by atoms with E-state index in [0.29, 0.717) is 11.1 Å². The summed E-state index contributed by atoms with van der Waals surface area (Å²) in [6.45, 7) is 7.96. The molecule has 0 saturated carbocycles. The number of aryl methyl sites for hydroxylation is 4. The van der Waals surface area contributed by atoms with Gasteiger partial charge in [0.15, 0.2) is 0 Å². The van der Waals surface area contributed by atoms with Crippen molar-refractivity contribution in [3.63, 3.8) is 0 Å². The molecule has 2 nitrogen and oxygen atoms in total. The van der Waals surface area contributed by atoms with Crippen molar-refractivity contribution < 1.29 is 0 Å². The first-order chi connectivity index (χ1) is 9.47. The molecule has 0 aromatic heterocycles. The van der Waals surface area contributed by atoms with Crippen molar-refractivity contribution in [1.82, 2.24) is 0 Å². The molecule has 2 heteroatoms. The summed E-state index contributed by atoms with van der Waals surface area (Å²) in [5, 5.41) is 18.4. The van der Waals surface area contributed by atoms with Gasteiger partial charge in [0.25, 0.3) is 0 Å². The van der Waals surface area contributed by atoms with Crippen LogP contribution in [0.15, 0.2) is 24.3 Å². The second kappa shape index (κ2) is 5.19. The molecule has 2 aromatic carbocycles. The Hall–Kier alpha value is -2.58. The topological polar surface area (TPSA) is 47.6 Å². The second-order valence-electron chi connectivity index (χ2n) is 5.19. The summed E-state index contributed by atoms with van der Waals surface area (Å²) in [5.41, 5.74) is 7.64. The first kappa shape index (κ1) is 13.8. The highest BCUT2D eigenvalue weighted by Gasteiger charge is 2.11. The van der Waals surface area contributed by atoms with Crippen LogP contribution in [0.2, 0.25) is 0 Å². The molecular weight excluding hydrogens is 244 g/mol. The van der Waals surface area contributed by atoms with E-state index in [2.05, 4.69) is 12.1 Å². The van der Waals surface area contributed by atoms with Gasteiger partial charge in [-0.1, -0.05) is 12.1 Å². The van der Waals surface area contributed by atoms with Gasteiger partial charge in [-0.15, -0.1) is 0 Å². The molecule has 0 bridgehead atoms. The van der Waals surface area contributed by atoms with Crippen molar-refractivity contribution in [3.05, 3.63) is 57.6 Å². The molecule has 0 N–H and O–H groups in total. The molecule has 0 amide bonds. The standard InChI is InChI=1S/C18H16N2/c1-11-5-13(3)17(7-15(11)9-19)18-8-16(10-20)12(2)6-14(18)4/h5-8H,1-4H3. The third kappa shape index (κ3) is 2.29. The molecule has 0 fully saturated rings. The molecule has 2 aromatic rings. The van der Waals surface area contributed by atoms with E-state index in [1.54, 1.807) is 0 Å². The van der Waals surface area contributed by atoms with Crippen LogP contribution in [0.1, 0.15) is 33.4 Å². The Balaban J connectivity index is 2.76. The molecule has 0 spiro atoms. The molecule has 0 aliphatic rings. The summed E-state index contributed by atoms with van der Waals surface area (Å²) in [6.07, 6.45) is 0. The maximum atomic E-state index is 9.19. The molecule has 2 rings (SSSR count). The lowest BCUT2D eigenvalue weighted by Gasteiger charge is -2.13. The lowest BCUT2D eigenvalue weighted by Crippen LogP contribution is -1.94. The molecule has 0 aliphatic carbocycles.